The van der Waals surface area contributed by atoms with Gasteiger partial charge in [-0.3, -0.25) is 0 Å². The summed E-state index contributed by atoms with van der Waals surface area (Å²) in [5, 5.41) is 3.84. The average Bonchev–Trinajstić information content (AvgIpc) is 2.64. The molecule has 2 aliphatic rings. The lowest BCUT2D eigenvalue weighted by molar-refractivity contribution is 0.262. The zero-order chi connectivity index (χ0) is 13.5. The van der Waals surface area contributed by atoms with Gasteiger partial charge in [-0.2, -0.15) is 0 Å². The summed E-state index contributed by atoms with van der Waals surface area (Å²) in [6.45, 7) is 9.83. The third-order valence-electron chi connectivity index (χ3n) is 5.30. The Kier molecular flexibility index (Phi) is 6.66. The van der Waals surface area contributed by atoms with Crippen LogP contribution in [-0.4, -0.2) is 37.1 Å². The Morgan fingerprint density at radius 2 is 1.95 bits per heavy atom. The van der Waals surface area contributed by atoms with Crippen molar-refractivity contribution in [1.29, 1.82) is 0 Å². The van der Waals surface area contributed by atoms with E-state index in [-0.39, 0.29) is 0 Å². The van der Waals surface area contributed by atoms with Gasteiger partial charge in [0.25, 0.3) is 0 Å². The van der Waals surface area contributed by atoms with Crippen molar-refractivity contribution in [3.63, 3.8) is 0 Å². The third-order valence-corrected chi connectivity index (χ3v) is 5.30. The van der Waals surface area contributed by atoms with Gasteiger partial charge in [0.05, 0.1) is 0 Å². The molecular weight excluding hydrogens is 232 g/mol. The molecule has 2 nitrogen and oxygen atoms in total. The number of nitrogens with zero attached hydrogens (tertiary/aromatic N) is 1. The summed E-state index contributed by atoms with van der Waals surface area (Å²) >= 11 is 0. The average molecular weight is 266 g/mol. The molecule has 0 radical (unpaired) electrons. The first kappa shape index (κ1) is 15.3. The molecule has 1 saturated heterocycles. The van der Waals surface area contributed by atoms with Crippen LogP contribution in [0.25, 0.3) is 0 Å². The second kappa shape index (κ2) is 8.26. The second-order valence-corrected chi connectivity index (χ2v) is 6.94. The monoisotopic (exact) mass is 266 g/mol. The Balaban J connectivity index is 1.60. The van der Waals surface area contributed by atoms with Gasteiger partial charge in [-0.15, -0.1) is 0 Å². The minimum atomic E-state index is 0.789. The van der Waals surface area contributed by atoms with Gasteiger partial charge in [-0.05, 0) is 70.1 Å². The highest BCUT2D eigenvalue weighted by Gasteiger charge is 2.19. The third kappa shape index (κ3) is 5.43. The van der Waals surface area contributed by atoms with E-state index in [2.05, 4.69) is 24.1 Å². The zero-order valence-electron chi connectivity index (χ0n) is 13.2. The smallest absolute Gasteiger partial charge is 0.00797 e. The molecular formula is C17H34N2. The maximum atomic E-state index is 3.84. The molecule has 1 aliphatic heterocycles. The van der Waals surface area contributed by atoms with Gasteiger partial charge in [0.15, 0.2) is 0 Å². The van der Waals surface area contributed by atoms with Crippen molar-refractivity contribution < 1.29 is 0 Å². The highest BCUT2D eigenvalue weighted by Crippen LogP contribution is 2.30. The molecule has 2 rings (SSSR count). The van der Waals surface area contributed by atoms with Gasteiger partial charge in [0.2, 0.25) is 0 Å². The summed E-state index contributed by atoms with van der Waals surface area (Å²) < 4.78 is 0. The van der Waals surface area contributed by atoms with E-state index in [0.29, 0.717) is 0 Å². The Hall–Kier alpha value is -0.0800. The first-order valence-corrected chi connectivity index (χ1v) is 8.73. The van der Waals surface area contributed by atoms with Crippen molar-refractivity contribution in [2.75, 3.05) is 26.2 Å². The molecule has 19 heavy (non-hydrogen) atoms. The lowest BCUT2D eigenvalue weighted by atomic mass is 9.81. The van der Waals surface area contributed by atoms with E-state index < -0.39 is 0 Å². The van der Waals surface area contributed by atoms with Crippen LogP contribution in [0.2, 0.25) is 0 Å². The molecule has 0 aromatic carbocycles. The van der Waals surface area contributed by atoms with E-state index in [0.717, 1.165) is 17.9 Å². The highest BCUT2D eigenvalue weighted by atomic mass is 15.1. The van der Waals surface area contributed by atoms with E-state index in [1.54, 1.807) is 0 Å². The molecule has 1 heterocycles. The Labute approximate surface area is 120 Å². The topological polar surface area (TPSA) is 15.3 Å². The first-order chi connectivity index (χ1) is 9.28. The van der Waals surface area contributed by atoms with Crippen LogP contribution < -0.4 is 5.32 Å². The molecule has 1 N–H and O–H groups in total. The van der Waals surface area contributed by atoms with E-state index >= 15 is 0 Å². The molecule has 0 aromatic rings. The number of rotatable bonds is 5. The van der Waals surface area contributed by atoms with Gasteiger partial charge in [-0.1, -0.05) is 33.1 Å². The van der Waals surface area contributed by atoms with E-state index in [1.807, 2.05) is 0 Å². The fourth-order valence-corrected chi connectivity index (χ4v) is 3.99. The molecule has 0 aromatic heterocycles. The predicted molar refractivity (Wildman–Crippen MR) is 83.5 cm³/mol. The van der Waals surface area contributed by atoms with Crippen molar-refractivity contribution >= 4 is 0 Å². The van der Waals surface area contributed by atoms with E-state index in [9.17, 15) is 0 Å². The molecule has 1 aliphatic carbocycles. The van der Waals surface area contributed by atoms with Crippen LogP contribution in [0.5, 0.6) is 0 Å². The summed E-state index contributed by atoms with van der Waals surface area (Å²) in [7, 11) is 0. The SMILES string of the molecule is CCN1CCCC(NCCC2CCCC(C)C2)CC1. The van der Waals surface area contributed by atoms with Crippen molar-refractivity contribution in [3.8, 4) is 0 Å². The van der Waals surface area contributed by atoms with Gasteiger partial charge < -0.3 is 10.2 Å². The predicted octanol–water partition coefficient (Wildman–Crippen LogP) is 3.67. The van der Waals surface area contributed by atoms with Gasteiger partial charge >= 0.3 is 0 Å². The van der Waals surface area contributed by atoms with Crippen LogP contribution in [0, 0.1) is 11.8 Å². The van der Waals surface area contributed by atoms with Crippen LogP contribution >= 0.6 is 0 Å². The Morgan fingerprint density at radius 1 is 1.05 bits per heavy atom. The maximum Gasteiger partial charge on any atom is 0.00797 e. The fraction of sp³-hybridized carbons (Fsp3) is 1.00. The molecule has 0 spiro atoms. The number of hydrogen-bond donors (Lipinski definition) is 1. The summed E-state index contributed by atoms with van der Waals surface area (Å²) in [5.41, 5.74) is 0. The summed E-state index contributed by atoms with van der Waals surface area (Å²) in [6, 6.07) is 0.789. The van der Waals surface area contributed by atoms with Crippen LogP contribution in [0.4, 0.5) is 0 Å². The normalized spacial score (nSPS) is 34.1. The maximum absolute atomic E-state index is 3.84. The van der Waals surface area contributed by atoms with Crippen molar-refractivity contribution in [3.05, 3.63) is 0 Å². The quantitative estimate of drug-likeness (QED) is 0.817. The van der Waals surface area contributed by atoms with Gasteiger partial charge in [0, 0.05) is 6.04 Å². The highest BCUT2D eigenvalue weighted by molar-refractivity contribution is 4.76. The summed E-state index contributed by atoms with van der Waals surface area (Å²) in [4.78, 5) is 2.60. The first-order valence-electron chi connectivity index (χ1n) is 8.73. The molecule has 3 atom stereocenters. The minimum Gasteiger partial charge on any atom is -0.314 e. The Bertz CT molecular complexity index is 241. The van der Waals surface area contributed by atoms with Crippen molar-refractivity contribution in [2.45, 2.75) is 71.3 Å². The van der Waals surface area contributed by atoms with Gasteiger partial charge in [0.1, 0.15) is 0 Å². The standard InChI is InChI=1S/C17H34N2/c1-3-19-12-5-8-17(10-13-19)18-11-9-16-7-4-6-15(2)14-16/h15-18H,3-14H2,1-2H3. The van der Waals surface area contributed by atoms with E-state index in [1.165, 1.54) is 77.5 Å². The van der Waals surface area contributed by atoms with Gasteiger partial charge in [-0.25, -0.2) is 0 Å². The molecule has 0 bridgehead atoms. The van der Waals surface area contributed by atoms with Crippen LogP contribution in [0.3, 0.4) is 0 Å². The molecule has 2 heteroatoms. The number of hydrogen-bond acceptors (Lipinski definition) is 2. The number of nitrogens with one attached hydrogen (secondary N) is 1. The summed E-state index contributed by atoms with van der Waals surface area (Å²) in [6.07, 6.45) is 11.5. The molecule has 3 unspecified atom stereocenters. The fourth-order valence-electron chi connectivity index (χ4n) is 3.99. The lowest BCUT2D eigenvalue weighted by Crippen LogP contribution is -2.32. The molecule has 112 valence electrons. The second-order valence-electron chi connectivity index (χ2n) is 6.94. The van der Waals surface area contributed by atoms with Crippen molar-refractivity contribution in [1.82, 2.24) is 10.2 Å². The molecule has 0 amide bonds. The van der Waals surface area contributed by atoms with Crippen LogP contribution in [0.15, 0.2) is 0 Å². The zero-order valence-corrected chi connectivity index (χ0v) is 13.2. The van der Waals surface area contributed by atoms with Crippen LogP contribution in [0.1, 0.15) is 65.2 Å². The van der Waals surface area contributed by atoms with Crippen molar-refractivity contribution in [2.24, 2.45) is 11.8 Å². The number of likely N-dealkylation sites (tertiary alicyclic amines) is 1. The Morgan fingerprint density at radius 3 is 2.74 bits per heavy atom. The van der Waals surface area contributed by atoms with Crippen LogP contribution in [-0.2, 0) is 0 Å². The summed E-state index contributed by atoms with van der Waals surface area (Å²) in [5.74, 6) is 1.99. The molecule has 1 saturated carbocycles. The minimum absolute atomic E-state index is 0.789. The lowest BCUT2D eigenvalue weighted by Gasteiger charge is -2.27. The largest absolute Gasteiger partial charge is 0.314 e. The molecule has 2 fully saturated rings. The van der Waals surface area contributed by atoms with E-state index in [4.69, 9.17) is 0 Å².